The van der Waals surface area contributed by atoms with Gasteiger partial charge in [0.1, 0.15) is 6.04 Å². The second-order valence-electron chi connectivity index (χ2n) is 6.72. The van der Waals surface area contributed by atoms with E-state index in [0.29, 0.717) is 34.1 Å². The molecule has 1 saturated heterocycles. The van der Waals surface area contributed by atoms with Crippen molar-refractivity contribution >= 4 is 40.1 Å². The first-order chi connectivity index (χ1) is 14.0. The molecule has 0 bridgehead atoms. The Bertz CT molecular complexity index is 1100. The third-order valence-electron chi connectivity index (χ3n) is 5.05. The van der Waals surface area contributed by atoms with Gasteiger partial charge >= 0.3 is 0 Å². The van der Waals surface area contributed by atoms with E-state index in [1.165, 1.54) is 0 Å². The van der Waals surface area contributed by atoms with Crippen LogP contribution in [0.3, 0.4) is 0 Å². The van der Waals surface area contributed by atoms with Gasteiger partial charge in [0.05, 0.1) is 0 Å². The molecule has 0 aromatic heterocycles. The average Bonchev–Trinajstić information content (AvgIpc) is 2.71. The van der Waals surface area contributed by atoms with Gasteiger partial charge in [-0.1, -0.05) is 17.2 Å². The monoisotopic (exact) mass is 392 g/mol. The number of benzene rings is 2. The normalized spacial score (nSPS) is 18.5. The summed E-state index contributed by atoms with van der Waals surface area (Å²) < 4.78 is 0. The van der Waals surface area contributed by atoms with Gasteiger partial charge in [0.2, 0.25) is 11.8 Å². The number of nitrogens with one attached hydrogen (secondary N) is 2. The van der Waals surface area contributed by atoms with Crippen LogP contribution in [-0.4, -0.2) is 47.7 Å². The maximum absolute atomic E-state index is 13.1. The number of hydrogen-bond donors (Lipinski definition) is 2. The SMILES string of the molecule is [N-]=[N+]=NCCNc1ccc2c3c(cccc13)C(=O)N(C1CCC(=O)NC1=O)C2=O. The molecule has 0 spiro atoms. The highest BCUT2D eigenvalue weighted by Crippen LogP contribution is 2.35. The molecule has 2 aromatic rings. The highest BCUT2D eigenvalue weighted by atomic mass is 16.2. The number of azide groups is 1. The second kappa shape index (κ2) is 7.25. The number of carbonyl (C=O) groups is 4. The van der Waals surface area contributed by atoms with Crippen molar-refractivity contribution < 1.29 is 19.2 Å². The average molecular weight is 392 g/mol. The molecule has 1 atom stereocenters. The van der Waals surface area contributed by atoms with Crippen LogP contribution in [0.2, 0.25) is 0 Å². The minimum absolute atomic E-state index is 0.0680. The molecule has 2 aromatic carbocycles. The summed E-state index contributed by atoms with van der Waals surface area (Å²) in [7, 11) is 0. The highest BCUT2D eigenvalue weighted by molar-refractivity contribution is 6.28. The van der Waals surface area contributed by atoms with Crippen LogP contribution >= 0.6 is 0 Å². The number of imide groups is 2. The van der Waals surface area contributed by atoms with Gasteiger partial charge in [-0.2, -0.15) is 0 Å². The molecule has 1 fully saturated rings. The second-order valence-corrected chi connectivity index (χ2v) is 6.72. The Morgan fingerprint density at radius 1 is 1.14 bits per heavy atom. The fourth-order valence-corrected chi connectivity index (χ4v) is 3.77. The van der Waals surface area contributed by atoms with Gasteiger partial charge in [0.15, 0.2) is 0 Å². The Labute approximate surface area is 164 Å². The lowest BCUT2D eigenvalue weighted by Crippen LogP contribution is -2.57. The van der Waals surface area contributed by atoms with E-state index in [4.69, 9.17) is 5.53 Å². The predicted molar refractivity (Wildman–Crippen MR) is 103 cm³/mol. The number of anilines is 1. The summed E-state index contributed by atoms with van der Waals surface area (Å²) in [5.41, 5.74) is 9.72. The molecule has 10 nitrogen and oxygen atoms in total. The Kier molecular flexibility index (Phi) is 4.61. The van der Waals surface area contributed by atoms with Crippen molar-refractivity contribution in [1.29, 1.82) is 0 Å². The number of hydrogen-bond acceptors (Lipinski definition) is 6. The van der Waals surface area contributed by atoms with E-state index in [1.54, 1.807) is 30.3 Å². The van der Waals surface area contributed by atoms with Crippen molar-refractivity contribution in [3.63, 3.8) is 0 Å². The number of piperidine rings is 1. The van der Waals surface area contributed by atoms with E-state index in [-0.39, 0.29) is 19.4 Å². The molecule has 2 heterocycles. The predicted octanol–water partition coefficient (Wildman–Crippen LogP) is 1.96. The van der Waals surface area contributed by atoms with Gasteiger partial charge in [0, 0.05) is 52.0 Å². The molecule has 4 rings (SSSR count). The molecule has 146 valence electrons. The summed E-state index contributed by atoms with van der Waals surface area (Å²) in [5.74, 6) is -2.18. The van der Waals surface area contributed by atoms with E-state index in [1.807, 2.05) is 0 Å². The Balaban J connectivity index is 1.75. The van der Waals surface area contributed by atoms with Crippen LogP contribution in [0.5, 0.6) is 0 Å². The van der Waals surface area contributed by atoms with E-state index < -0.39 is 29.7 Å². The topological polar surface area (TPSA) is 144 Å². The molecule has 2 N–H and O–H groups in total. The van der Waals surface area contributed by atoms with Crippen molar-refractivity contribution in [3.05, 3.63) is 51.9 Å². The summed E-state index contributed by atoms with van der Waals surface area (Å²) in [4.78, 5) is 53.6. The highest BCUT2D eigenvalue weighted by Gasteiger charge is 2.42. The van der Waals surface area contributed by atoms with E-state index in [9.17, 15) is 19.2 Å². The lowest BCUT2D eigenvalue weighted by atomic mass is 9.91. The molecule has 2 aliphatic heterocycles. The molecule has 0 radical (unpaired) electrons. The molecule has 4 amide bonds. The Hall–Kier alpha value is -3.91. The van der Waals surface area contributed by atoms with E-state index in [0.717, 1.165) is 4.90 Å². The Morgan fingerprint density at radius 2 is 1.90 bits per heavy atom. The molecule has 2 aliphatic rings. The zero-order valence-corrected chi connectivity index (χ0v) is 15.2. The van der Waals surface area contributed by atoms with Crippen molar-refractivity contribution in [2.24, 2.45) is 5.11 Å². The lowest BCUT2D eigenvalue weighted by Gasteiger charge is -2.34. The van der Waals surface area contributed by atoms with Gasteiger partial charge in [-0.15, -0.1) is 0 Å². The van der Waals surface area contributed by atoms with Gasteiger partial charge in [0.25, 0.3) is 11.8 Å². The van der Waals surface area contributed by atoms with Crippen LogP contribution in [0.4, 0.5) is 5.69 Å². The van der Waals surface area contributed by atoms with Gasteiger partial charge in [-0.25, -0.2) is 0 Å². The molecule has 29 heavy (non-hydrogen) atoms. The van der Waals surface area contributed by atoms with Gasteiger partial charge in [-0.3, -0.25) is 29.4 Å². The van der Waals surface area contributed by atoms with Crippen molar-refractivity contribution in [1.82, 2.24) is 10.2 Å². The summed E-state index contributed by atoms with van der Waals surface area (Å²) in [5, 5.41) is 10.00. The summed E-state index contributed by atoms with van der Waals surface area (Å²) in [6, 6.07) is 7.42. The number of amides is 4. The number of carbonyl (C=O) groups excluding carboxylic acids is 4. The fraction of sp³-hybridized carbons (Fsp3) is 0.263. The van der Waals surface area contributed by atoms with Crippen molar-refractivity contribution in [2.45, 2.75) is 18.9 Å². The van der Waals surface area contributed by atoms with Crippen LogP contribution in [-0.2, 0) is 9.59 Å². The summed E-state index contributed by atoms with van der Waals surface area (Å²) in [6.45, 7) is 0.646. The third kappa shape index (κ3) is 3.05. The largest absolute Gasteiger partial charge is 0.384 e. The fourth-order valence-electron chi connectivity index (χ4n) is 3.77. The maximum Gasteiger partial charge on any atom is 0.262 e. The zero-order valence-electron chi connectivity index (χ0n) is 15.2. The molecule has 1 unspecified atom stereocenters. The number of nitrogens with zero attached hydrogens (tertiary/aromatic N) is 4. The quantitative estimate of drug-likeness (QED) is 0.263. The first kappa shape index (κ1) is 18.5. The Morgan fingerprint density at radius 3 is 2.62 bits per heavy atom. The summed E-state index contributed by atoms with van der Waals surface area (Å²) >= 11 is 0. The lowest BCUT2D eigenvalue weighted by molar-refractivity contribution is -0.136. The molecule has 10 heteroatoms. The first-order valence-electron chi connectivity index (χ1n) is 9.05. The van der Waals surface area contributed by atoms with Gasteiger partial charge in [-0.05, 0) is 30.2 Å². The van der Waals surface area contributed by atoms with E-state index >= 15 is 0 Å². The van der Waals surface area contributed by atoms with Crippen LogP contribution in [0.25, 0.3) is 21.2 Å². The van der Waals surface area contributed by atoms with Crippen LogP contribution < -0.4 is 10.6 Å². The number of rotatable bonds is 5. The third-order valence-corrected chi connectivity index (χ3v) is 5.05. The minimum Gasteiger partial charge on any atom is -0.384 e. The van der Waals surface area contributed by atoms with Crippen LogP contribution in [0, 0.1) is 0 Å². The zero-order chi connectivity index (χ0) is 20.5. The van der Waals surface area contributed by atoms with Crippen molar-refractivity contribution in [3.8, 4) is 0 Å². The van der Waals surface area contributed by atoms with Crippen LogP contribution in [0.15, 0.2) is 35.4 Å². The standard InChI is InChI=1S/C19H16N6O4/c20-24-22-9-8-21-13-5-4-12-16-10(13)2-1-3-11(16)18(28)25(19(12)29)14-6-7-15(26)23-17(14)27/h1-5,14,21H,6-9H2,(H,23,26,27). The molecular weight excluding hydrogens is 376 g/mol. The van der Waals surface area contributed by atoms with Crippen molar-refractivity contribution in [2.75, 3.05) is 18.4 Å². The first-order valence-corrected chi connectivity index (χ1v) is 9.05. The minimum atomic E-state index is -1.02. The van der Waals surface area contributed by atoms with Crippen LogP contribution in [0.1, 0.15) is 33.6 Å². The smallest absolute Gasteiger partial charge is 0.262 e. The van der Waals surface area contributed by atoms with Gasteiger partial charge < -0.3 is 5.32 Å². The molecule has 0 saturated carbocycles. The maximum atomic E-state index is 13.1. The molecular formula is C19H16N6O4. The summed E-state index contributed by atoms with van der Waals surface area (Å²) in [6.07, 6.45) is 0.172. The molecule has 0 aliphatic carbocycles. The van der Waals surface area contributed by atoms with E-state index in [2.05, 4.69) is 20.7 Å².